The molecular weight excluding hydrogens is 1020 g/mol. The van der Waals surface area contributed by atoms with Gasteiger partial charge in [0, 0.05) is 19.3 Å². The summed E-state index contributed by atoms with van der Waals surface area (Å²) in [7, 11) is 0. The van der Waals surface area contributed by atoms with Crippen LogP contribution < -0.4 is 0 Å². The van der Waals surface area contributed by atoms with Crippen molar-refractivity contribution in [2.75, 3.05) is 13.2 Å². The summed E-state index contributed by atoms with van der Waals surface area (Å²) in [5.41, 5.74) is 0. The molecule has 6 heteroatoms. The van der Waals surface area contributed by atoms with Crippen molar-refractivity contribution in [2.24, 2.45) is 0 Å². The molecule has 1 atom stereocenters. The van der Waals surface area contributed by atoms with Crippen LogP contribution in [-0.2, 0) is 28.6 Å². The van der Waals surface area contributed by atoms with Gasteiger partial charge in [-0.25, -0.2) is 0 Å². The summed E-state index contributed by atoms with van der Waals surface area (Å²) in [6, 6.07) is 0. The molecule has 0 rings (SSSR count). The van der Waals surface area contributed by atoms with Crippen LogP contribution in [0.1, 0.15) is 342 Å². The SMILES string of the molecule is CC/C=C\C/C=C\C/C=C\C/C=C\C/C=C\C/C=C\C/C=C\C/C=C\C/C=C\CCCCCC(=O)OCC(COC(=O)CCCCCCCCC)OC(=O)CCCCCCCCCCCCCCCCCCCCCCCCCCCCC. The molecule has 0 aliphatic carbocycles. The minimum atomic E-state index is -0.790. The van der Waals surface area contributed by atoms with E-state index in [1.54, 1.807) is 0 Å². The van der Waals surface area contributed by atoms with Gasteiger partial charge >= 0.3 is 17.9 Å². The largest absolute Gasteiger partial charge is 0.462 e. The molecule has 83 heavy (non-hydrogen) atoms. The summed E-state index contributed by atoms with van der Waals surface area (Å²) in [4.78, 5) is 38.2. The summed E-state index contributed by atoms with van der Waals surface area (Å²) in [5, 5.41) is 0. The normalized spacial score (nSPS) is 12.8. The van der Waals surface area contributed by atoms with E-state index in [4.69, 9.17) is 14.2 Å². The van der Waals surface area contributed by atoms with Gasteiger partial charge in [-0.15, -0.1) is 0 Å². The van der Waals surface area contributed by atoms with E-state index in [1.165, 1.54) is 180 Å². The van der Waals surface area contributed by atoms with Gasteiger partial charge in [-0.1, -0.05) is 342 Å². The molecule has 0 heterocycles. The van der Waals surface area contributed by atoms with E-state index in [9.17, 15) is 14.4 Å². The van der Waals surface area contributed by atoms with Gasteiger partial charge in [0.15, 0.2) is 6.10 Å². The van der Waals surface area contributed by atoms with E-state index in [0.717, 1.165) is 122 Å². The van der Waals surface area contributed by atoms with Crippen LogP contribution in [-0.4, -0.2) is 37.2 Å². The van der Waals surface area contributed by atoms with Crippen molar-refractivity contribution >= 4 is 17.9 Å². The molecule has 0 spiro atoms. The second-order valence-corrected chi connectivity index (χ2v) is 23.4. The standard InChI is InChI=1S/C77H132O6/c1-4-7-10-13-16-18-20-22-24-26-28-30-32-34-36-37-38-39-41-42-44-46-48-50-52-54-56-58-61-64-67-70-76(79)82-73-74(72-81-75(78)69-66-63-60-15-12-9-6-3)83-77(80)71-68-65-62-59-57-55-53-51-49-47-45-43-40-35-33-31-29-27-25-23-21-19-17-14-11-8-5-2/h7,10,16,18,22,24,28,30,34,36,38-39,42,44,48,50,54,56,74H,4-6,8-9,11-15,17,19-21,23,25-27,29,31-33,35,37,40-41,43,45-47,49,51-53,55,57-73H2,1-3H3/b10-7-,18-16-,24-22-,30-28-,36-34-,39-38-,44-42-,50-48-,56-54-. The number of unbranched alkanes of at least 4 members (excludes halogenated alkanes) is 35. The zero-order chi connectivity index (χ0) is 59.9. The third kappa shape index (κ3) is 68.7. The topological polar surface area (TPSA) is 78.9 Å². The summed E-state index contributed by atoms with van der Waals surface area (Å²) in [6.45, 7) is 6.49. The number of rotatable bonds is 64. The zero-order valence-corrected chi connectivity index (χ0v) is 54.7. The van der Waals surface area contributed by atoms with Gasteiger partial charge in [0.2, 0.25) is 0 Å². The molecule has 476 valence electrons. The summed E-state index contributed by atoms with van der Waals surface area (Å²) < 4.78 is 16.9. The lowest BCUT2D eigenvalue weighted by atomic mass is 10.0. The minimum absolute atomic E-state index is 0.0861. The highest BCUT2D eigenvalue weighted by molar-refractivity contribution is 5.71. The van der Waals surface area contributed by atoms with Crippen molar-refractivity contribution < 1.29 is 28.6 Å². The van der Waals surface area contributed by atoms with Gasteiger partial charge < -0.3 is 14.2 Å². The van der Waals surface area contributed by atoms with Crippen LogP contribution in [0.5, 0.6) is 0 Å². The van der Waals surface area contributed by atoms with Crippen LogP contribution in [0.2, 0.25) is 0 Å². The third-order valence-corrected chi connectivity index (χ3v) is 15.3. The van der Waals surface area contributed by atoms with Crippen LogP contribution in [0.15, 0.2) is 109 Å². The van der Waals surface area contributed by atoms with Crippen LogP contribution in [0.25, 0.3) is 0 Å². The number of carbonyl (C=O) groups is 3. The Morgan fingerprint density at radius 3 is 0.735 bits per heavy atom. The van der Waals surface area contributed by atoms with Crippen molar-refractivity contribution in [2.45, 2.75) is 348 Å². The quantitative estimate of drug-likeness (QED) is 0.0261. The molecule has 0 N–H and O–H groups in total. The van der Waals surface area contributed by atoms with Crippen molar-refractivity contribution in [3.05, 3.63) is 109 Å². The molecule has 0 fully saturated rings. The van der Waals surface area contributed by atoms with Crippen molar-refractivity contribution in [3.8, 4) is 0 Å². The number of hydrogen-bond acceptors (Lipinski definition) is 6. The number of ether oxygens (including phenoxy) is 3. The Kier molecular flexibility index (Phi) is 67.2. The molecule has 1 unspecified atom stereocenters. The Balaban J connectivity index is 4.16. The molecule has 0 aromatic rings. The molecule has 0 aliphatic rings. The highest BCUT2D eigenvalue weighted by atomic mass is 16.6. The van der Waals surface area contributed by atoms with Crippen LogP contribution in [0.4, 0.5) is 0 Å². The third-order valence-electron chi connectivity index (χ3n) is 15.3. The van der Waals surface area contributed by atoms with Crippen LogP contribution >= 0.6 is 0 Å². The fourth-order valence-electron chi connectivity index (χ4n) is 10.0. The first-order valence-corrected chi connectivity index (χ1v) is 35.4. The molecule has 0 aromatic carbocycles. The smallest absolute Gasteiger partial charge is 0.306 e. The van der Waals surface area contributed by atoms with E-state index < -0.39 is 6.10 Å². The van der Waals surface area contributed by atoms with Crippen molar-refractivity contribution in [3.63, 3.8) is 0 Å². The maximum absolute atomic E-state index is 12.9. The summed E-state index contributed by atoms with van der Waals surface area (Å²) >= 11 is 0. The van der Waals surface area contributed by atoms with E-state index in [-0.39, 0.29) is 31.1 Å². The van der Waals surface area contributed by atoms with Crippen LogP contribution in [0, 0.1) is 0 Å². The maximum Gasteiger partial charge on any atom is 0.306 e. The van der Waals surface area contributed by atoms with Gasteiger partial charge in [-0.2, -0.15) is 0 Å². The average molecular weight is 1150 g/mol. The molecular formula is C77H132O6. The Labute approximate surface area is 514 Å². The first kappa shape index (κ1) is 79.1. The van der Waals surface area contributed by atoms with Gasteiger partial charge in [-0.05, 0) is 89.9 Å². The fourth-order valence-corrected chi connectivity index (χ4v) is 10.0. The van der Waals surface area contributed by atoms with E-state index in [0.29, 0.717) is 19.3 Å². The first-order chi connectivity index (χ1) is 41.0. The molecule has 0 saturated carbocycles. The maximum atomic E-state index is 12.9. The zero-order valence-electron chi connectivity index (χ0n) is 54.7. The minimum Gasteiger partial charge on any atom is -0.462 e. The number of carbonyl (C=O) groups excluding carboxylic acids is 3. The van der Waals surface area contributed by atoms with E-state index >= 15 is 0 Å². The van der Waals surface area contributed by atoms with Gasteiger partial charge in [0.1, 0.15) is 13.2 Å². The second-order valence-electron chi connectivity index (χ2n) is 23.4. The van der Waals surface area contributed by atoms with Crippen LogP contribution in [0.3, 0.4) is 0 Å². The lowest BCUT2D eigenvalue weighted by Crippen LogP contribution is -2.30. The van der Waals surface area contributed by atoms with Gasteiger partial charge in [0.25, 0.3) is 0 Å². The Morgan fingerprint density at radius 1 is 0.253 bits per heavy atom. The first-order valence-electron chi connectivity index (χ1n) is 35.4. The van der Waals surface area contributed by atoms with Crippen molar-refractivity contribution in [1.82, 2.24) is 0 Å². The molecule has 0 bridgehead atoms. The number of hydrogen-bond donors (Lipinski definition) is 0. The Hall–Kier alpha value is -3.93. The summed E-state index contributed by atoms with van der Waals surface area (Å²) in [5.74, 6) is -0.915. The fraction of sp³-hybridized carbons (Fsp3) is 0.727. The molecule has 0 radical (unpaired) electrons. The molecule has 0 amide bonds. The number of esters is 3. The molecule has 0 saturated heterocycles. The average Bonchev–Trinajstić information content (AvgIpc) is 3.50. The second kappa shape index (κ2) is 70.6. The summed E-state index contributed by atoms with van der Waals surface area (Å²) in [6.07, 6.45) is 97.2. The predicted octanol–water partition coefficient (Wildman–Crippen LogP) is 24.6. The molecule has 0 aliphatic heterocycles. The predicted molar refractivity (Wildman–Crippen MR) is 362 cm³/mol. The van der Waals surface area contributed by atoms with E-state index in [2.05, 4.69) is 130 Å². The lowest BCUT2D eigenvalue weighted by molar-refractivity contribution is -0.167. The van der Waals surface area contributed by atoms with Gasteiger partial charge in [0.05, 0.1) is 0 Å². The lowest BCUT2D eigenvalue weighted by Gasteiger charge is -2.18. The highest BCUT2D eigenvalue weighted by Gasteiger charge is 2.19. The monoisotopic (exact) mass is 1150 g/mol. The Morgan fingerprint density at radius 2 is 0.470 bits per heavy atom. The molecule has 0 aromatic heterocycles. The highest BCUT2D eigenvalue weighted by Crippen LogP contribution is 2.18. The Bertz CT molecular complexity index is 1660. The van der Waals surface area contributed by atoms with Crippen molar-refractivity contribution in [1.29, 1.82) is 0 Å². The van der Waals surface area contributed by atoms with Gasteiger partial charge in [-0.3, -0.25) is 14.4 Å². The molecule has 6 nitrogen and oxygen atoms in total. The number of allylic oxidation sites excluding steroid dienone is 18. The van der Waals surface area contributed by atoms with E-state index in [1.807, 2.05) is 0 Å².